The van der Waals surface area contributed by atoms with Crippen molar-refractivity contribution in [2.45, 2.75) is 232 Å². The molecule has 0 heterocycles. The molecule has 0 radical (unpaired) electrons. The predicted molar refractivity (Wildman–Crippen MR) is 298 cm³/mol. The highest BCUT2D eigenvalue weighted by atomic mass is 31.2. The largest absolute Gasteiger partial charge is 0.472 e. The van der Waals surface area contributed by atoms with Crippen LogP contribution in [-0.4, -0.2) is 49.3 Å². The molecule has 0 bridgehead atoms. The average Bonchev–Trinajstić information content (AvgIpc) is 3.35. The molecule has 2 unspecified atom stereocenters. The molecule has 0 saturated heterocycles. The predicted octanol–water partition coefficient (Wildman–Crippen LogP) is 17.5. The van der Waals surface area contributed by atoms with Gasteiger partial charge in [-0.1, -0.05) is 220 Å². The molecule has 9 nitrogen and oxygen atoms in total. The Bertz CT molecular complexity index is 1510. The molecule has 0 saturated carbocycles. The van der Waals surface area contributed by atoms with Gasteiger partial charge < -0.3 is 20.1 Å². The lowest BCUT2D eigenvalue weighted by atomic mass is 10.1. The van der Waals surface area contributed by atoms with Crippen molar-refractivity contribution in [1.82, 2.24) is 0 Å². The second kappa shape index (κ2) is 55.0. The van der Waals surface area contributed by atoms with Gasteiger partial charge in [0.1, 0.15) is 6.61 Å². The summed E-state index contributed by atoms with van der Waals surface area (Å²) in [5.74, 6) is -0.852. The zero-order chi connectivity index (χ0) is 51.0. The highest BCUT2D eigenvalue weighted by molar-refractivity contribution is 7.47. The number of phosphoric acid groups is 1. The molecular weight excluding hydrogens is 894 g/mol. The van der Waals surface area contributed by atoms with Crippen LogP contribution in [0.5, 0.6) is 0 Å². The Morgan fingerprint density at radius 2 is 0.786 bits per heavy atom. The third-order valence-electron chi connectivity index (χ3n) is 11.4. The second-order valence-electron chi connectivity index (χ2n) is 18.1. The van der Waals surface area contributed by atoms with Crippen molar-refractivity contribution in [2.24, 2.45) is 5.73 Å². The number of phosphoric ester groups is 1. The van der Waals surface area contributed by atoms with E-state index in [4.69, 9.17) is 24.3 Å². The number of allylic oxidation sites excluding steroid dienone is 18. The van der Waals surface area contributed by atoms with Crippen LogP contribution in [0.2, 0.25) is 0 Å². The summed E-state index contributed by atoms with van der Waals surface area (Å²) < 4.78 is 33.0. The van der Waals surface area contributed by atoms with Crippen LogP contribution in [0.3, 0.4) is 0 Å². The fraction of sp³-hybridized carbons (Fsp3) is 0.667. The standard InChI is InChI=1S/C60H102NO8P/c1-3-5-7-9-11-13-15-17-19-21-22-23-24-25-26-27-28-29-30-31-32-33-34-35-36-37-39-41-43-45-47-49-51-53-60(63)69-58(57-68-70(64,65)67-55-54-61)56-66-59(62)52-50-48-46-44-42-40-38-20-18-16-14-12-10-8-6-4-2/h5,7,11,13,17,19-20,22-23,25-26,28-29,31-32,34-35,38,58H,3-4,6,8-10,12,14-16,18,21,24,27,30,33,36-37,39-57,61H2,1-2H3,(H,64,65)/b7-5-,13-11-,19-17-,23-22-,26-25-,29-28-,32-31-,35-34-,38-20-. The van der Waals surface area contributed by atoms with Crippen molar-refractivity contribution in [1.29, 1.82) is 0 Å². The molecule has 0 aromatic rings. The van der Waals surface area contributed by atoms with E-state index in [1.165, 1.54) is 77.0 Å². The molecule has 0 aromatic carbocycles. The molecule has 0 aliphatic carbocycles. The molecule has 0 spiro atoms. The number of nitrogens with two attached hydrogens (primary N) is 1. The average molecular weight is 996 g/mol. The molecule has 2 atom stereocenters. The topological polar surface area (TPSA) is 134 Å². The zero-order valence-electron chi connectivity index (χ0n) is 44.5. The Balaban J connectivity index is 4.04. The maximum absolute atomic E-state index is 12.7. The second-order valence-corrected chi connectivity index (χ2v) is 19.5. The van der Waals surface area contributed by atoms with E-state index in [1.807, 2.05) is 0 Å². The molecular formula is C60H102NO8P. The summed E-state index contributed by atoms with van der Waals surface area (Å²) in [5.41, 5.74) is 5.37. The van der Waals surface area contributed by atoms with Gasteiger partial charge in [-0.05, 0) is 103 Å². The Morgan fingerprint density at radius 1 is 0.443 bits per heavy atom. The molecule has 3 N–H and O–H groups in total. The summed E-state index contributed by atoms with van der Waals surface area (Å²) in [5, 5.41) is 0. The van der Waals surface area contributed by atoms with Gasteiger partial charge in [0.15, 0.2) is 6.10 Å². The van der Waals surface area contributed by atoms with Gasteiger partial charge in [0.25, 0.3) is 0 Å². The minimum atomic E-state index is -4.40. The van der Waals surface area contributed by atoms with Crippen LogP contribution in [0.25, 0.3) is 0 Å². The molecule has 70 heavy (non-hydrogen) atoms. The van der Waals surface area contributed by atoms with Crippen LogP contribution in [-0.2, 0) is 32.7 Å². The molecule has 400 valence electrons. The van der Waals surface area contributed by atoms with Crippen LogP contribution >= 0.6 is 7.82 Å². The van der Waals surface area contributed by atoms with Crippen molar-refractivity contribution in [3.8, 4) is 0 Å². The summed E-state index contributed by atoms with van der Waals surface area (Å²) >= 11 is 0. The first kappa shape index (κ1) is 66.7. The first-order chi connectivity index (χ1) is 34.3. The van der Waals surface area contributed by atoms with Crippen LogP contribution in [0.15, 0.2) is 109 Å². The normalized spacial score (nSPS) is 13.9. The number of ether oxygens (including phenoxy) is 2. The van der Waals surface area contributed by atoms with Gasteiger partial charge >= 0.3 is 19.8 Å². The van der Waals surface area contributed by atoms with E-state index in [0.29, 0.717) is 6.42 Å². The highest BCUT2D eigenvalue weighted by Gasteiger charge is 2.26. The molecule has 0 aromatic heterocycles. The minimum Gasteiger partial charge on any atom is -0.462 e. The number of carbonyl (C=O) groups excluding carboxylic acids is 2. The number of unbranched alkanes of at least 4 members (excludes halogenated alkanes) is 20. The van der Waals surface area contributed by atoms with E-state index in [2.05, 4.69) is 123 Å². The SMILES string of the molecule is CC/C=C\C/C=C\C/C=C\C/C=C\C/C=C\C/C=C\C/C=C\C/C=C\CCCCCCCCCCC(=O)OC(COC(=O)CCCCCCC/C=C\CCCCCCCCC)COP(=O)(O)OCCN. The van der Waals surface area contributed by atoms with E-state index in [1.54, 1.807) is 0 Å². The van der Waals surface area contributed by atoms with Crippen molar-refractivity contribution in [2.75, 3.05) is 26.4 Å². The first-order valence-corrected chi connectivity index (χ1v) is 29.4. The monoisotopic (exact) mass is 996 g/mol. The number of carbonyl (C=O) groups is 2. The fourth-order valence-electron chi connectivity index (χ4n) is 7.29. The van der Waals surface area contributed by atoms with Crippen LogP contribution in [0.4, 0.5) is 0 Å². The van der Waals surface area contributed by atoms with Crippen molar-refractivity contribution in [3.63, 3.8) is 0 Å². The van der Waals surface area contributed by atoms with Gasteiger partial charge in [-0.2, -0.15) is 0 Å². The van der Waals surface area contributed by atoms with Crippen molar-refractivity contribution >= 4 is 19.8 Å². The van der Waals surface area contributed by atoms with E-state index in [9.17, 15) is 19.0 Å². The summed E-state index contributed by atoms with van der Waals surface area (Å²) in [7, 11) is -4.40. The van der Waals surface area contributed by atoms with Gasteiger partial charge in [0, 0.05) is 19.4 Å². The molecule has 0 aliphatic rings. The Hall–Kier alpha value is -3.33. The summed E-state index contributed by atoms with van der Waals surface area (Å²) in [4.78, 5) is 35.1. The van der Waals surface area contributed by atoms with Crippen LogP contribution in [0.1, 0.15) is 226 Å². The summed E-state index contributed by atoms with van der Waals surface area (Å²) in [6.07, 6.45) is 74.2. The molecule has 0 aliphatic heterocycles. The van der Waals surface area contributed by atoms with E-state index in [0.717, 1.165) is 116 Å². The Kier molecular flexibility index (Phi) is 52.4. The lowest BCUT2D eigenvalue weighted by Crippen LogP contribution is -2.29. The number of hydrogen-bond donors (Lipinski definition) is 2. The number of hydrogen-bond acceptors (Lipinski definition) is 8. The summed E-state index contributed by atoms with van der Waals surface area (Å²) in [6, 6.07) is 0. The molecule has 0 rings (SSSR count). The first-order valence-electron chi connectivity index (χ1n) is 27.9. The van der Waals surface area contributed by atoms with Gasteiger partial charge in [-0.25, -0.2) is 4.57 Å². The van der Waals surface area contributed by atoms with Crippen molar-refractivity contribution in [3.05, 3.63) is 109 Å². The Labute approximate surface area is 429 Å². The van der Waals surface area contributed by atoms with E-state index in [-0.39, 0.29) is 32.6 Å². The van der Waals surface area contributed by atoms with Gasteiger partial charge in [-0.15, -0.1) is 0 Å². The third kappa shape index (κ3) is 54.0. The zero-order valence-corrected chi connectivity index (χ0v) is 45.4. The quantitative estimate of drug-likeness (QED) is 0.0264. The van der Waals surface area contributed by atoms with Gasteiger partial charge in [0.05, 0.1) is 13.2 Å². The molecule has 0 amide bonds. The molecule has 10 heteroatoms. The summed E-state index contributed by atoms with van der Waals surface area (Å²) in [6.45, 7) is 3.60. The molecule has 0 fully saturated rings. The highest BCUT2D eigenvalue weighted by Crippen LogP contribution is 2.43. The van der Waals surface area contributed by atoms with Crippen molar-refractivity contribution < 1.29 is 37.6 Å². The number of rotatable bonds is 51. The van der Waals surface area contributed by atoms with E-state index >= 15 is 0 Å². The number of esters is 2. The van der Waals surface area contributed by atoms with Crippen LogP contribution in [0, 0.1) is 0 Å². The maximum atomic E-state index is 12.7. The lowest BCUT2D eigenvalue weighted by Gasteiger charge is -2.19. The Morgan fingerprint density at radius 3 is 1.19 bits per heavy atom. The third-order valence-corrected chi connectivity index (χ3v) is 12.4. The van der Waals surface area contributed by atoms with Crippen LogP contribution < -0.4 is 5.73 Å². The maximum Gasteiger partial charge on any atom is 0.472 e. The van der Waals surface area contributed by atoms with Gasteiger partial charge in [-0.3, -0.25) is 18.6 Å². The minimum absolute atomic E-state index is 0.0459. The smallest absolute Gasteiger partial charge is 0.462 e. The van der Waals surface area contributed by atoms with Gasteiger partial charge in [0.2, 0.25) is 0 Å². The fourth-order valence-corrected chi connectivity index (χ4v) is 8.06. The van der Waals surface area contributed by atoms with E-state index < -0.39 is 32.5 Å². The lowest BCUT2D eigenvalue weighted by molar-refractivity contribution is -0.161.